The Balaban J connectivity index is 3.20. The van der Waals surface area contributed by atoms with Crippen LogP contribution in [0.15, 0.2) is 10.4 Å². The highest BCUT2D eigenvalue weighted by atomic mass is 16.6. The molecular formula is C4H8N2O2. The Kier molecular flexibility index (Phi) is 3.74. The molecule has 0 fully saturated rings. The van der Waals surface area contributed by atoms with Gasteiger partial charge in [-0.1, -0.05) is 5.11 Å². The molecule has 0 aliphatic rings. The normalized spacial score (nSPS) is 9.75. The van der Waals surface area contributed by atoms with Gasteiger partial charge in [-0.2, -0.15) is 0 Å². The van der Waals surface area contributed by atoms with Crippen molar-refractivity contribution in [3.8, 4) is 0 Å². The molecule has 0 aliphatic heterocycles. The summed E-state index contributed by atoms with van der Waals surface area (Å²) in [5.74, 6) is -0.349. The van der Waals surface area contributed by atoms with Crippen LogP contribution in [0.4, 0.5) is 0 Å². The number of hydrogen-bond acceptors (Lipinski definition) is 3. The monoisotopic (exact) mass is 116 g/mol. The lowest BCUT2D eigenvalue weighted by Gasteiger charge is -1.84. The van der Waals surface area contributed by atoms with Crippen molar-refractivity contribution < 1.29 is 9.63 Å². The van der Waals surface area contributed by atoms with Gasteiger partial charge < -0.3 is 4.84 Å². The van der Waals surface area contributed by atoms with Crippen molar-refractivity contribution >= 4 is 5.91 Å². The zero-order chi connectivity index (χ0) is 6.41. The molecule has 4 nitrogen and oxygen atoms in total. The fourth-order valence-electron chi connectivity index (χ4n) is 0.144. The van der Waals surface area contributed by atoms with E-state index in [-0.39, 0.29) is 5.91 Å². The Labute approximate surface area is 47.5 Å². The van der Waals surface area contributed by atoms with Crippen LogP contribution >= 0.6 is 0 Å². The average Bonchev–Trinajstić information content (AvgIpc) is 1.66. The molecule has 0 N–H and O–H groups in total. The lowest BCUT2D eigenvalue weighted by atomic mass is 10.8. The van der Waals surface area contributed by atoms with Gasteiger partial charge in [0.15, 0.2) is 0 Å². The first-order chi connectivity index (χ1) is 3.77. The van der Waals surface area contributed by atoms with Gasteiger partial charge in [0.05, 0.1) is 0 Å². The van der Waals surface area contributed by atoms with Gasteiger partial charge in [0.2, 0.25) is 0 Å². The summed E-state index contributed by atoms with van der Waals surface area (Å²) in [4.78, 5) is 14.4. The summed E-state index contributed by atoms with van der Waals surface area (Å²) in [7, 11) is 0. The van der Waals surface area contributed by atoms with Crippen LogP contribution in [0.5, 0.6) is 0 Å². The van der Waals surface area contributed by atoms with Crippen molar-refractivity contribution in [1.82, 2.24) is 0 Å². The van der Waals surface area contributed by atoms with E-state index in [1.54, 1.807) is 6.92 Å². The number of amides is 1. The first-order valence-electron chi connectivity index (χ1n) is 2.31. The van der Waals surface area contributed by atoms with Gasteiger partial charge >= 0.3 is 0 Å². The van der Waals surface area contributed by atoms with E-state index >= 15 is 0 Å². The van der Waals surface area contributed by atoms with Crippen LogP contribution in [0.3, 0.4) is 0 Å². The van der Waals surface area contributed by atoms with Crippen LogP contribution in [0.25, 0.3) is 0 Å². The highest BCUT2D eigenvalue weighted by molar-refractivity contribution is 5.72. The van der Waals surface area contributed by atoms with Gasteiger partial charge in [-0.15, -0.1) is 0 Å². The predicted molar refractivity (Wildman–Crippen MR) is 27.2 cm³/mol. The number of nitrogens with zero attached hydrogens (tertiary/aromatic N) is 2. The lowest BCUT2D eigenvalue weighted by Crippen LogP contribution is -1.81. The van der Waals surface area contributed by atoms with Crippen LogP contribution in [-0.2, 0) is 9.63 Å². The maximum Gasteiger partial charge on any atom is 0.264 e. The molecular weight excluding hydrogens is 108 g/mol. The standard InChI is InChI=1S/C4H8N2O2/c1-3-8-6-5-4(2)7/h3H2,1-2H3. The van der Waals surface area contributed by atoms with Crippen LogP contribution < -0.4 is 0 Å². The molecule has 0 aliphatic carbocycles. The van der Waals surface area contributed by atoms with E-state index in [1.165, 1.54) is 6.92 Å². The molecule has 0 unspecified atom stereocenters. The van der Waals surface area contributed by atoms with E-state index in [9.17, 15) is 4.79 Å². The largest absolute Gasteiger partial charge is 0.380 e. The van der Waals surface area contributed by atoms with Gasteiger partial charge in [-0.05, 0) is 6.92 Å². The van der Waals surface area contributed by atoms with E-state index in [2.05, 4.69) is 15.2 Å². The maximum atomic E-state index is 9.98. The second-order valence-electron chi connectivity index (χ2n) is 1.12. The van der Waals surface area contributed by atoms with Crippen molar-refractivity contribution in [2.24, 2.45) is 10.4 Å². The van der Waals surface area contributed by atoms with Crippen molar-refractivity contribution in [3.05, 3.63) is 0 Å². The van der Waals surface area contributed by atoms with Gasteiger partial charge in [0.25, 0.3) is 5.91 Å². The minimum atomic E-state index is -0.349. The number of hydrogen-bond donors (Lipinski definition) is 0. The molecule has 0 aromatic carbocycles. The number of carbonyl (C=O) groups excluding carboxylic acids is 1. The molecule has 46 valence electrons. The third-order valence-corrected chi connectivity index (χ3v) is 0.368. The molecule has 1 amide bonds. The van der Waals surface area contributed by atoms with E-state index in [0.29, 0.717) is 6.61 Å². The van der Waals surface area contributed by atoms with Crippen molar-refractivity contribution in [3.63, 3.8) is 0 Å². The van der Waals surface area contributed by atoms with E-state index in [0.717, 1.165) is 0 Å². The molecule has 8 heavy (non-hydrogen) atoms. The highest BCUT2D eigenvalue weighted by Crippen LogP contribution is 1.77. The first kappa shape index (κ1) is 7.07. The van der Waals surface area contributed by atoms with Gasteiger partial charge in [-0.25, -0.2) is 0 Å². The van der Waals surface area contributed by atoms with Crippen LogP contribution in [0.2, 0.25) is 0 Å². The molecule has 0 bridgehead atoms. The Morgan fingerprint density at radius 3 is 2.75 bits per heavy atom. The minimum absolute atomic E-state index is 0.349. The molecule has 0 radical (unpaired) electrons. The molecule has 0 spiro atoms. The highest BCUT2D eigenvalue weighted by Gasteiger charge is 1.80. The van der Waals surface area contributed by atoms with Crippen LogP contribution in [0, 0.1) is 0 Å². The Morgan fingerprint density at radius 2 is 2.38 bits per heavy atom. The third kappa shape index (κ3) is 5.07. The van der Waals surface area contributed by atoms with Gasteiger partial charge in [-0.3, -0.25) is 4.79 Å². The number of rotatable bonds is 2. The fraction of sp³-hybridized carbons (Fsp3) is 0.750. The molecule has 4 heteroatoms. The summed E-state index contributed by atoms with van der Waals surface area (Å²) in [6.07, 6.45) is 0. The summed E-state index contributed by atoms with van der Waals surface area (Å²) in [5.41, 5.74) is 0. The second kappa shape index (κ2) is 4.23. The fourth-order valence-corrected chi connectivity index (χ4v) is 0.144. The van der Waals surface area contributed by atoms with Gasteiger partial charge in [0, 0.05) is 12.2 Å². The lowest BCUT2D eigenvalue weighted by molar-refractivity contribution is -0.117. The molecule has 0 saturated heterocycles. The smallest absolute Gasteiger partial charge is 0.264 e. The quantitative estimate of drug-likeness (QED) is 0.398. The summed E-state index contributed by atoms with van der Waals surface area (Å²) in [6, 6.07) is 0. The summed E-state index contributed by atoms with van der Waals surface area (Å²) in [5, 5.41) is 6.14. The third-order valence-electron chi connectivity index (χ3n) is 0.368. The average molecular weight is 116 g/mol. The molecule has 0 aromatic rings. The van der Waals surface area contributed by atoms with Crippen molar-refractivity contribution in [2.45, 2.75) is 13.8 Å². The molecule has 0 saturated carbocycles. The zero-order valence-corrected chi connectivity index (χ0v) is 4.92. The van der Waals surface area contributed by atoms with Crippen LogP contribution in [0.1, 0.15) is 13.8 Å². The molecule has 0 rings (SSSR count). The topological polar surface area (TPSA) is 51.0 Å². The number of carbonyl (C=O) groups is 1. The van der Waals surface area contributed by atoms with Crippen LogP contribution in [-0.4, -0.2) is 12.5 Å². The zero-order valence-electron chi connectivity index (χ0n) is 4.92. The summed E-state index contributed by atoms with van der Waals surface area (Å²) < 4.78 is 0. The Bertz CT molecular complexity index is 100. The molecule has 0 atom stereocenters. The minimum Gasteiger partial charge on any atom is -0.380 e. The molecule has 0 heterocycles. The maximum absolute atomic E-state index is 9.98. The molecule has 0 aromatic heterocycles. The van der Waals surface area contributed by atoms with E-state index in [4.69, 9.17) is 0 Å². The first-order valence-corrected chi connectivity index (χ1v) is 2.31. The van der Waals surface area contributed by atoms with Gasteiger partial charge in [0.1, 0.15) is 6.61 Å². The summed E-state index contributed by atoms with van der Waals surface area (Å²) >= 11 is 0. The predicted octanol–water partition coefficient (Wildman–Crippen LogP) is 0.937. The van der Waals surface area contributed by atoms with Crippen molar-refractivity contribution in [1.29, 1.82) is 0 Å². The SMILES string of the molecule is CCON=NC(C)=O. The summed E-state index contributed by atoms with van der Waals surface area (Å²) in [6.45, 7) is 3.51. The second-order valence-corrected chi connectivity index (χ2v) is 1.12. The Hall–Kier alpha value is -0.930. The Morgan fingerprint density at radius 1 is 1.75 bits per heavy atom. The van der Waals surface area contributed by atoms with E-state index < -0.39 is 0 Å². The van der Waals surface area contributed by atoms with Crippen molar-refractivity contribution in [2.75, 3.05) is 6.61 Å². The van der Waals surface area contributed by atoms with E-state index in [1.807, 2.05) is 0 Å².